The van der Waals surface area contributed by atoms with Crippen molar-refractivity contribution in [3.8, 4) is 11.5 Å². The largest absolute Gasteiger partial charge is 0.490 e. The lowest BCUT2D eigenvalue weighted by Crippen LogP contribution is -2.24. The molecule has 0 spiro atoms. The molecule has 2 rings (SSSR count). The minimum absolute atomic E-state index is 0. The zero-order valence-electron chi connectivity index (χ0n) is 13.0. The molecule has 6 nitrogen and oxygen atoms in total. The lowest BCUT2D eigenvalue weighted by molar-refractivity contribution is 0.228. The van der Waals surface area contributed by atoms with Crippen LogP contribution in [-0.2, 0) is 13.0 Å². The Morgan fingerprint density at radius 2 is 1.91 bits per heavy atom. The summed E-state index contributed by atoms with van der Waals surface area (Å²) in [6.45, 7) is 4.81. The van der Waals surface area contributed by atoms with Crippen LogP contribution in [0.5, 0.6) is 11.5 Å². The number of benzene rings is 1. The second-order valence-corrected chi connectivity index (χ2v) is 4.67. The Hall–Kier alpha value is -1.79. The van der Waals surface area contributed by atoms with Crippen LogP contribution in [0, 0.1) is 0 Å². The van der Waals surface area contributed by atoms with E-state index in [0.717, 1.165) is 6.42 Å². The first kappa shape index (κ1) is 18.3. The first-order chi connectivity index (χ1) is 10.2. The van der Waals surface area contributed by atoms with Gasteiger partial charge in [0, 0.05) is 12.5 Å². The van der Waals surface area contributed by atoms with E-state index in [9.17, 15) is 0 Å². The number of nitrogens with one attached hydrogen (secondary N) is 1. The minimum atomic E-state index is 0. The molecule has 0 saturated heterocycles. The summed E-state index contributed by atoms with van der Waals surface area (Å²) in [6.07, 6.45) is 0.718. The van der Waals surface area contributed by atoms with Gasteiger partial charge in [0.25, 0.3) is 5.89 Å². The molecule has 2 aromatic rings. The summed E-state index contributed by atoms with van der Waals surface area (Å²) >= 11 is 0. The van der Waals surface area contributed by atoms with Crippen molar-refractivity contribution in [2.24, 2.45) is 0 Å². The van der Waals surface area contributed by atoms with Gasteiger partial charge in [-0.05, 0) is 33.0 Å². The summed E-state index contributed by atoms with van der Waals surface area (Å²) in [4.78, 5) is 4.31. The van der Waals surface area contributed by atoms with E-state index in [2.05, 4.69) is 22.4 Å². The van der Waals surface area contributed by atoms with Gasteiger partial charge >= 0.3 is 0 Å². The lowest BCUT2D eigenvalue weighted by Gasteiger charge is -2.09. The highest BCUT2D eigenvalue weighted by Gasteiger charge is 2.11. The molecule has 22 heavy (non-hydrogen) atoms. The number of likely N-dealkylation sites (N-methyl/N-ethyl adjacent to an activating group) is 1. The van der Waals surface area contributed by atoms with Crippen LogP contribution in [-0.4, -0.2) is 29.8 Å². The van der Waals surface area contributed by atoms with Crippen LogP contribution in [0.4, 0.5) is 0 Å². The van der Waals surface area contributed by atoms with Crippen molar-refractivity contribution in [1.29, 1.82) is 0 Å². The highest BCUT2D eigenvalue weighted by molar-refractivity contribution is 5.85. The Morgan fingerprint density at radius 1 is 1.23 bits per heavy atom. The van der Waals surface area contributed by atoms with E-state index in [-0.39, 0.29) is 19.0 Å². The fourth-order valence-electron chi connectivity index (χ4n) is 1.79. The van der Waals surface area contributed by atoms with Gasteiger partial charge in [-0.2, -0.15) is 4.98 Å². The summed E-state index contributed by atoms with van der Waals surface area (Å²) in [5.74, 6) is 2.51. The Balaban J connectivity index is 0.00000242. The zero-order valence-corrected chi connectivity index (χ0v) is 13.9. The molecule has 122 valence electrons. The maximum atomic E-state index is 5.68. The zero-order chi connectivity index (χ0) is 15.1. The molecule has 1 atom stereocenters. The first-order valence-corrected chi connectivity index (χ1v) is 7.06. The predicted molar refractivity (Wildman–Crippen MR) is 85.7 cm³/mol. The van der Waals surface area contributed by atoms with Crippen molar-refractivity contribution in [2.45, 2.75) is 32.9 Å². The number of halogens is 1. The monoisotopic (exact) mass is 327 g/mol. The fraction of sp³-hybridized carbons (Fsp3) is 0.467. The van der Waals surface area contributed by atoms with Gasteiger partial charge in [-0.1, -0.05) is 17.3 Å². The summed E-state index contributed by atoms with van der Waals surface area (Å²) < 4.78 is 16.4. The van der Waals surface area contributed by atoms with Gasteiger partial charge in [-0.15, -0.1) is 12.4 Å². The van der Waals surface area contributed by atoms with Crippen LogP contribution in [0.1, 0.15) is 25.6 Å². The van der Waals surface area contributed by atoms with Crippen molar-refractivity contribution in [3.05, 3.63) is 36.0 Å². The Morgan fingerprint density at radius 3 is 2.55 bits per heavy atom. The number of para-hydroxylation sites is 2. The minimum Gasteiger partial charge on any atom is -0.490 e. The van der Waals surface area contributed by atoms with Gasteiger partial charge in [-0.25, -0.2) is 0 Å². The summed E-state index contributed by atoms with van der Waals surface area (Å²) in [5.41, 5.74) is 0. The molecule has 0 aliphatic carbocycles. The molecule has 0 aliphatic heterocycles. The average Bonchev–Trinajstić information content (AvgIpc) is 2.94. The third-order valence-electron chi connectivity index (χ3n) is 2.99. The number of nitrogens with zero attached hydrogens (tertiary/aromatic N) is 2. The van der Waals surface area contributed by atoms with E-state index in [1.54, 1.807) is 0 Å². The second kappa shape index (κ2) is 9.27. The Bertz CT molecular complexity index is 562. The average molecular weight is 328 g/mol. The number of hydrogen-bond acceptors (Lipinski definition) is 6. The van der Waals surface area contributed by atoms with Crippen molar-refractivity contribution in [3.63, 3.8) is 0 Å². The van der Waals surface area contributed by atoms with E-state index in [1.807, 2.05) is 38.2 Å². The molecule has 0 bridgehead atoms. The highest BCUT2D eigenvalue weighted by Crippen LogP contribution is 2.26. The molecule has 0 radical (unpaired) electrons. The third-order valence-corrected chi connectivity index (χ3v) is 2.99. The third kappa shape index (κ3) is 5.20. The van der Waals surface area contributed by atoms with Gasteiger partial charge in [0.2, 0.25) is 0 Å². The standard InChI is InChI=1S/C15H21N3O3.ClH/c1-4-19-12-7-5-6-8-13(12)20-10-15-17-14(18-21-15)9-11(2)16-3;/h5-8,11,16H,4,9-10H2,1-3H3;1H. The quantitative estimate of drug-likeness (QED) is 0.803. The maximum absolute atomic E-state index is 5.68. The SMILES string of the molecule is CCOc1ccccc1OCc1nc(CC(C)NC)no1.Cl. The molecule has 1 N–H and O–H groups in total. The van der Waals surface area contributed by atoms with E-state index in [0.29, 0.717) is 35.9 Å². The number of rotatable bonds is 8. The summed E-state index contributed by atoms with van der Waals surface area (Å²) in [5, 5.41) is 7.07. The number of ether oxygens (including phenoxy) is 2. The Kier molecular flexibility index (Phi) is 7.70. The van der Waals surface area contributed by atoms with E-state index in [1.165, 1.54) is 0 Å². The maximum Gasteiger partial charge on any atom is 0.264 e. The number of aromatic nitrogens is 2. The van der Waals surface area contributed by atoms with Crippen LogP contribution in [0.25, 0.3) is 0 Å². The van der Waals surface area contributed by atoms with E-state index >= 15 is 0 Å². The molecule has 0 aliphatic rings. The molecule has 1 aromatic carbocycles. The molecular formula is C15H22ClN3O3. The van der Waals surface area contributed by atoms with Crippen molar-refractivity contribution in [1.82, 2.24) is 15.5 Å². The predicted octanol–water partition coefficient (Wildman–Crippen LogP) is 2.62. The lowest BCUT2D eigenvalue weighted by atomic mass is 10.2. The van der Waals surface area contributed by atoms with Gasteiger partial charge < -0.3 is 19.3 Å². The normalized spacial score (nSPS) is 11.6. The van der Waals surface area contributed by atoms with E-state index in [4.69, 9.17) is 14.0 Å². The summed E-state index contributed by atoms with van der Waals surface area (Å²) in [6, 6.07) is 7.82. The molecule has 7 heteroatoms. The molecule has 1 unspecified atom stereocenters. The van der Waals surface area contributed by atoms with E-state index < -0.39 is 0 Å². The van der Waals surface area contributed by atoms with Crippen molar-refractivity contribution < 1.29 is 14.0 Å². The number of hydrogen-bond donors (Lipinski definition) is 1. The van der Waals surface area contributed by atoms with Gasteiger partial charge in [0.05, 0.1) is 6.61 Å². The summed E-state index contributed by atoms with van der Waals surface area (Å²) in [7, 11) is 1.90. The van der Waals surface area contributed by atoms with Crippen molar-refractivity contribution >= 4 is 12.4 Å². The van der Waals surface area contributed by atoms with Gasteiger partial charge in [-0.3, -0.25) is 0 Å². The van der Waals surface area contributed by atoms with Gasteiger partial charge in [0.15, 0.2) is 23.9 Å². The molecule has 1 aromatic heterocycles. The fourth-order valence-corrected chi connectivity index (χ4v) is 1.79. The molecule has 0 fully saturated rings. The topological polar surface area (TPSA) is 69.4 Å². The van der Waals surface area contributed by atoms with Crippen LogP contribution in [0.2, 0.25) is 0 Å². The van der Waals surface area contributed by atoms with Crippen LogP contribution in [0.3, 0.4) is 0 Å². The smallest absolute Gasteiger partial charge is 0.264 e. The molecule has 0 saturated carbocycles. The first-order valence-electron chi connectivity index (χ1n) is 7.06. The van der Waals surface area contributed by atoms with Crippen molar-refractivity contribution in [2.75, 3.05) is 13.7 Å². The highest BCUT2D eigenvalue weighted by atomic mass is 35.5. The molecular weight excluding hydrogens is 306 g/mol. The second-order valence-electron chi connectivity index (χ2n) is 4.67. The van der Waals surface area contributed by atoms with Crippen LogP contribution < -0.4 is 14.8 Å². The van der Waals surface area contributed by atoms with Gasteiger partial charge in [0.1, 0.15) is 0 Å². The van der Waals surface area contributed by atoms with Crippen LogP contribution in [0.15, 0.2) is 28.8 Å². The van der Waals surface area contributed by atoms with Crippen LogP contribution >= 0.6 is 12.4 Å². The Labute approximate surface area is 136 Å². The molecule has 0 amide bonds. The molecule has 1 heterocycles.